The van der Waals surface area contributed by atoms with Gasteiger partial charge in [-0.2, -0.15) is 10.5 Å². The van der Waals surface area contributed by atoms with Gasteiger partial charge in [-0.3, -0.25) is 9.80 Å². The Morgan fingerprint density at radius 3 is 1.50 bits per heavy atom. The lowest BCUT2D eigenvalue weighted by Crippen LogP contribution is -2.51. The Morgan fingerprint density at radius 2 is 1.07 bits per heavy atom. The molecule has 352 valence electrons. The number of anilines is 4. The molecule has 0 amide bonds. The highest BCUT2D eigenvalue weighted by atomic mass is 16.5. The molecular formula is C54H64N12O2. The first-order valence-electron chi connectivity index (χ1n) is 24.1. The fraction of sp³-hybridized carbons (Fsp3) is 0.407. The van der Waals surface area contributed by atoms with E-state index in [1.165, 1.54) is 34.7 Å². The van der Waals surface area contributed by atoms with Crippen molar-refractivity contribution >= 4 is 47.3 Å². The zero-order chi connectivity index (χ0) is 47.0. The van der Waals surface area contributed by atoms with Crippen molar-refractivity contribution in [2.24, 2.45) is 0 Å². The van der Waals surface area contributed by atoms with Crippen molar-refractivity contribution in [1.29, 1.82) is 21.3 Å². The topological polar surface area (TPSA) is 175 Å². The second-order valence-electron chi connectivity index (χ2n) is 18.8. The van der Waals surface area contributed by atoms with Crippen LogP contribution >= 0.6 is 0 Å². The maximum absolute atomic E-state index is 9.35. The van der Waals surface area contributed by atoms with E-state index in [-0.39, 0.29) is 12.1 Å². The maximum atomic E-state index is 9.35. The average Bonchev–Trinajstić information content (AvgIpc) is 3.64. The molecule has 4 saturated heterocycles. The van der Waals surface area contributed by atoms with Crippen molar-refractivity contribution in [3.05, 3.63) is 129 Å². The van der Waals surface area contributed by atoms with Crippen molar-refractivity contribution in [1.82, 2.24) is 20.4 Å². The number of allylic oxidation sites excluding steroid dienone is 2. The molecular weight excluding hydrogens is 849 g/mol. The minimum atomic E-state index is 0.280. The molecule has 6 atom stereocenters. The van der Waals surface area contributed by atoms with Gasteiger partial charge in [0.25, 0.3) is 0 Å². The first kappa shape index (κ1) is 46.7. The number of fused-ring (bicyclic) bond motifs is 6. The number of hydrogen-bond acceptors (Lipinski definition) is 14. The molecule has 14 heteroatoms. The van der Waals surface area contributed by atoms with Gasteiger partial charge in [0.1, 0.15) is 0 Å². The molecule has 0 saturated carbocycles. The lowest BCUT2D eigenvalue weighted by molar-refractivity contribution is 0.134. The van der Waals surface area contributed by atoms with Crippen LogP contribution in [0.15, 0.2) is 84.9 Å². The van der Waals surface area contributed by atoms with Gasteiger partial charge in [-0.05, 0) is 120 Å². The molecule has 10 rings (SSSR count). The zero-order valence-corrected chi connectivity index (χ0v) is 39.3. The van der Waals surface area contributed by atoms with Crippen LogP contribution in [0.5, 0.6) is 0 Å². The van der Waals surface area contributed by atoms with Crippen molar-refractivity contribution in [3.63, 3.8) is 0 Å². The normalized spacial score (nSPS) is 24.8. The van der Waals surface area contributed by atoms with Gasteiger partial charge < -0.3 is 51.4 Å². The molecule has 6 heterocycles. The number of ether oxygens (including phenoxy) is 2. The average molecular weight is 913 g/mol. The summed E-state index contributed by atoms with van der Waals surface area (Å²) in [7, 11) is 0. The third kappa shape index (κ3) is 10.5. The van der Waals surface area contributed by atoms with E-state index in [1.54, 1.807) is 12.2 Å². The van der Waals surface area contributed by atoms with Gasteiger partial charge >= 0.3 is 0 Å². The van der Waals surface area contributed by atoms with Gasteiger partial charge in [0.05, 0.1) is 73.9 Å². The van der Waals surface area contributed by atoms with Crippen molar-refractivity contribution < 1.29 is 9.47 Å². The summed E-state index contributed by atoms with van der Waals surface area (Å²) in [6.45, 7) is 16.8. The fourth-order valence-electron chi connectivity index (χ4n) is 10.9. The summed E-state index contributed by atoms with van der Waals surface area (Å²) in [5, 5.41) is 47.6. The summed E-state index contributed by atoms with van der Waals surface area (Å²) >= 11 is 0. The third-order valence-electron chi connectivity index (χ3n) is 14.1. The third-order valence-corrected chi connectivity index (χ3v) is 14.1. The summed E-state index contributed by atoms with van der Waals surface area (Å²) in [5.74, 6) is 0. The Balaban J connectivity index is 0.000000170. The van der Waals surface area contributed by atoms with E-state index in [0.29, 0.717) is 35.3 Å². The van der Waals surface area contributed by atoms with E-state index < -0.39 is 0 Å². The molecule has 6 aliphatic rings. The van der Waals surface area contributed by atoms with E-state index in [1.807, 2.05) is 36.4 Å². The molecule has 0 aromatic heterocycles. The summed E-state index contributed by atoms with van der Waals surface area (Å²) < 4.78 is 11.4. The molecule has 4 fully saturated rings. The summed E-state index contributed by atoms with van der Waals surface area (Å²) in [5.41, 5.74) is 13.4. The van der Waals surface area contributed by atoms with Crippen molar-refractivity contribution in [3.8, 4) is 12.1 Å². The number of hydrogen-bond donors (Lipinski definition) is 6. The van der Waals surface area contributed by atoms with Gasteiger partial charge in [0.15, 0.2) is 0 Å². The van der Waals surface area contributed by atoms with Crippen molar-refractivity contribution in [2.75, 3.05) is 99.2 Å². The summed E-state index contributed by atoms with van der Waals surface area (Å²) in [6, 6.07) is 31.8. The SMILES string of the molecule is C[C@@H]1CN(c2ccc(C#N)cc2/C=C\C=N)C[C@@H]2c3ccc(N[C@@H]4CNCCOC4)cc3CN12.C[C@@H]1CN(c2ccc(C#N)cc2/C=C\C=N)C[C@@H]2c3ccc(N[C@H]4CNCCOC4)cc3CN12. The molecule has 0 unspecified atom stereocenters. The highest BCUT2D eigenvalue weighted by Crippen LogP contribution is 2.43. The van der Waals surface area contributed by atoms with Crippen LogP contribution in [0.25, 0.3) is 12.2 Å². The molecule has 68 heavy (non-hydrogen) atoms. The van der Waals surface area contributed by atoms with E-state index in [4.69, 9.17) is 20.3 Å². The molecule has 4 aromatic carbocycles. The Kier molecular flexibility index (Phi) is 14.9. The number of benzene rings is 4. The predicted octanol–water partition coefficient (Wildman–Crippen LogP) is 6.77. The van der Waals surface area contributed by atoms with Gasteiger partial charge in [0, 0.05) is 113 Å². The molecule has 14 nitrogen and oxygen atoms in total. The molecule has 4 aromatic rings. The summed E-state index contributed by atoms with van der Waals surface area (Å²) in [6.07, 6.45) is 9.83. The molecule has 6 N–H and O–H groups in total. The van der Waals surface area contributed by atoms with E-state index in [2.05, 4.69) is 115 Å². The molecule has 0 radical (unpaired) electrons. The predicted molar refractivity (Wildman–Crippen MR) is 273 cm³/mol. The largest absolute Gasteiger partial charge is 0.379 e. The number of nitriles is 2. The monoisotopic (exact) mass is 913 g/mol. The molecule has 0 bridgehead atoms. The highest BCUT2D eigenvalue weighted by Gasteiger charge is 2.41. The molecule has 0 aliphatic carbocycles. The zero-order valence-electron chi connectivity index (χ0n) is 39.3. The second kappa shape index (κ2) is 21.7. The molecule has 6 aliphatic heterocycles. The van der Waals surface area contributed by atoms with Crippen LogP contribution in [0.3, 0.4) is 0 Å². The van der Waals surface area contributed by atoms with Crippen molar-refractivity contribution in [2.45, 2.75) is 63.2 Å². The van der Waals surface area contributed by atoms with Crippen LogP contribution < -0.4 is 31.1 Å². The van der Waals surface area contributed by atoms with E-state index in [9.17, 15) is 10.5 Å². The van der Waals surface area contributed by atoms with E-state index >= 15 is 0 Å². The number of rotatable bonds is 10. The van der Waals surface area contributed by atoms with Gasteiger partial charge in [0.2, 0.25) is 0 Å². The lowest BCUT2D eigenvalue weighted by atomic mass is 9.99. The quantitative estimate of drug-likeness (QED) is 0.0924. The standard InChI is InChI=1S/2C27H32N6O/c2*1-19-15-32(26-7-4-20(13-29)11-21(26)3-2-8-28)17-27-25-6-5-23(12-22(25)16-33(19)27)31-24-14-30-9-10-34-18-24/h2*2-8,11-12,19,24,27-28,30-31H,9-10,14-18H2,1H3/b2*3-2-,28-8?/t19-,24+,27-;19-,24-,27-/m11/s1. The van der Waals surface area contributed by atoms with E-state index in [0.717, 1.165) is 126 Å². The Labute approximate surface area is 401 Å². The smallest absolute Gasteiger partial charge is 0.0991 e. The maximum Gasteiger partial charge on any atom is 0.0991 e. The first-order chi connectivity index (χ1) is 33.3. The van der Waals surface area contributed by atoms with Gasteiger partial charge in [-0.25, -0.2) is 0 Å². The van der Waals surface area contributed by atoms with Crippen LogP contribution in [0.4, 0.5) is 22.7 Å². The minimum Gasteiger partial charge on any atom is -0.379 e. The lowest BCUT2D eigenvalue weighted by Gasteiger charge is -2.44. The number of nitrogens with one attached hydrogen (secondary N) is 6. The minimum absolute atomic E-state index is 0.280. The van der Waals surface area contributed by atoms with Gasteiger partial charge in [-0.1, -0.05) is 24.3 Å². The number of nitrogens with zero attached hydrogens (tertiary/aromatic N) is 6. The highest BCUT2D eigenvalue weighted by molar-refractivity contribution is 5.81. The van der Waals surface area contributed by atoms with Crippen LogP contribution in [-0.4, -0.2) is 125 Å². The number of piperazine rings is 2. The molecule has 0 spiro atoms. The van der Waals surface area contributed by atoms with Gasteiger partial charge in [-0.15, -0.1) is 0 Å². The second-order valence-corrected chi connectivity index (χ2v) is 18.8. The Hall–Kier alpha value is -6.36. The van der Waals surface area contributed by atoms with Crippen LogP contribution in [0, 0.1) is 33.5 Å². The Morgan fingerprint density at radius 1 is 0.618 bits per heavy atom. The van der Waals surface area contributed by atoms with Crippen LogP contribution in [0.1, 0.15) is 70.4 Å². The first-order valence-corrected chi connectivity index (χ1v) is 24.1. The van der Waals surface area contributed by atoms with Crippen LogP contribution in [0.2, 0.25) is 0 Å². The fourth-order valence-corrected chi connectivity index (χ4v) is 10.9. The summed E-state index contributed by atoms with van der Waals surface area (Å²) in [4.78, 5) is 10.1. The van der Waals surface area contributed by atoms with Crippen LogP contribution in [-0.2, 0) is 22.6 Å². The Bertz CT molecular complexity index is 2410.